The van der Waals surface area contributed by atoms with Gasteiger partial charge in [0.25, 0.3) is 0 Å². The van der Waals surface area contributed by atoms with Gasteiger partial charge in [0.05, 0.1) is 25.1 Å². The highest BCUT2D eigenvalue weighted by Crippen LogP contribution is 2.40. The van der Waals surface area contributed by atoms with Gasteiger partial charge < -0.3 is 10.1 Å². The van der Waals surface area contributed by atoms with E-state index in [1.54, 1.807) is 24.3 Å². The van der Waals surface area contributed by atoms with Crippen molar-refractivity contribution < 1.29 is 27.5 Å². The summed E-state index contributed by atoms with van der Waals surface area (Å²) >= 11 is 0. The molecule has 0 fully saturated rings. The van der Waals surface area contributed by atoms with Gasteiger partial charge in [-0.25, -0.2) is 4.79 Å². The molecule has 136 valence electrons. The van der Waals surface area contributed by atoms with Gasteiger partial charge in [0, 0.05) is 11.4 Å². The topological polar surface area (TPSA) is 58.6 Å². The number of carbonyl (C=O) groups is 2. The molecule has 3 rings (SSSR count). The summed E-state index contributed by atoms with van der Waals surface area (Å²) < 4.78 is 43.8. The van der Waals surface area contributed by atoms with E-state index >= 15 is 0 Å². The number of esters is 1. The van der Waals surface area contributed by atoms with E-state index in [2.05, 4.69) is 10.1 Å². The molecule has 1 unspecified atom stereocenters. The highest BCUT2D eigenvalue weighted by atomic mass is 19.4. The molecule has 1 atom stereocenters. The first-order chi connectivity index (χ1) is 12.3. The van der Waals surface area contributed by atoms with Crippen molar-refractivity contribution in [2.45, 2.75) is 18.6 Å². The first-order valence-electron chi connectivity index (χ1n) is 7.74. The van der Waals surface area contributed by atoms with Gasteiger partial charge in [-0.15, -0.1) is 0 Å². The number of methoxy groups -OCH3 is 1. The average molecular weight is 364 g/mol. The van der Waals surface area contributed by atoms with Crippen LogP contribution in [0.2, 0.25) is 0 Å². The minimum atomic E-state index is -4.54. The van der Waals surface area contributed by atoms with Crippen LogP contribution >= 0.6 is 0 Å². The van der Waals surface area contributed by atoms with Crippen LogP contribution in [0, 0.1) is 0 Å². The maximum absolute atomic E-state index is 13.0. The number of benzene rings is 2. The van der Waals surface area contributed by atoms with Crippen molar-refractivity contribution in [3.05, 3.63) is 59.7 Å². The Labute approximate surface area is 147 Å². The van der Waals surface area contributed by atoms with Crippen LogP contribution in [0.5, 0.6) is 0 Å². The maximum Gasteiger partial charge on any atom is 0.416 e. The quantitative estimate of drug-likeness (QED) is 0.823. The van der Waals surface area contributed by atoms with Gasteiger partial charge in [-0.05, 0) is 29.8 Å². The fourth-order valence-corrected chi connectivity index (χ4v) is 2.93. The van der Waals surface area contributed by atoms with Gasteiger partial charge in [0.2, 0.25) is 0 Å². The smallest absolute Gasteiger partial charge is 0.416 e. The number of nitrogens with one attached hydrogen (secondary N) is 1. The van der Waals surface area contributed by atoms with Gasteiger partial charge in [-0.3, -0.25) is 9.69 Å². The molecular formula is C18H15F3N2O3. The number of amides is 2. The number of hydrogen-bond acceptors (Lipinski definition) is 3. The molecule has 26 heavy (non-hydrogen) atoms. The van der Waals surface area contributed by atoms with Crippen molar-refractivity contribution in [2.75, 3.05) is 17.3 Å². The number of ether oxygens (including phenoxy) is 1. The Morgan fingerprint density at radius 1 is 1.19 bits per heavy atom. The second-order valence-corrected chi connectivity index (χ2v) is 5.73. The highest BCUT2D eigenvalue weighted by Gasteiger charge is 2.37. The number of para-hydroxylation sites is 1. The summed E-state index contributed by atoms with van der Waals surface area (Å²) in [6.07, 6.45) is -4.73. The monoisotopic (exact) mass is 364 g/mol. The number of carbonyl (C=O) groups excluding carboxylic acids is 2. The summed E-state index contributed by atoms with van der Waals surface area (Å²) in [6.45, 7) is 0. The molecule has 0 saturated carbocycles. The first-order valence-corrected chi connectivity index (χ1v) is 7.74. The van der Waals surface area contributed by atoms with Gasteiger partial charge in [0.15, 0.2) is 0 Å². The predicted molar refractivity (Wildman–Crippen MR) is 88.8 cm³/mol. The molecule has 0 aromatic heterocycles. The normalized spacial score (nSPS) is 16.7. The van der Waals surface area contributed by atoms with E-state index in [0.29, 0.717) is 11.3 Å². The molecular weight excluding hydrogens is 349 g/mol. The highest BCUT2D eigenvalue weighted by molar-refractivity contribution is 6.05. The molecule has 0 bridgehead atoms. The lowest BCUT2D eigenvalue weighted by Crippen LogP contribution is -2.43. The largest absolute Gasteiger partial charge is 0.469 e. The number of urea groups is 1. The molecule has 8 heteroatoms. The maximum atomic E-state index is 13.0. The SMILES string of the molecule is COC(=O)CC1c2ccccc2NC(=O)N1c1cccc(C(F)(F)F)c1. The van der Waals surface area contributed by atoms with Crippen molar-refractivity contribution in [3.8, 4) is 0 Å². The molecule has 2 amide bonds. The molecule has 0 radical (unpaired) electrons. The van der Waals surface area contributed by atoms with Crippen molar-refractivity contribution >= 4 is 23.4 Å². The van der Waals surface area contributed by atoms with E-state index in [1.807, 2.05) is 0 Å². The van der Waals surface area contributed by atoms with Crippen LogP contribution < -0.4 is 10.2 Å². The molecule has 5 nitrogen and oxygen atoms in total. The number of alkyl halides is 3. The summed E-state index contributed by atoms with van der Waals surface area (Å²) in [5.74, 6) is -0.573. The van der Waals surface area contributed by atoms with Crippen LogP contribution in [0.25, 0.3) is 0 Å². The van der Waals surface area contributed by atoms with Crippen molar-refractivity contribution in [1.82, 2.24) is 0 Å². The van der Waals surface area contributed by atoms with Crippen LogP contribution in [0.15, 0.2) is 48.5 Å². The summed E-state index contributed by atoms with van der Waals surface area (Å²) in [5, 5.41) is 2.64. The zero-order chi connectivity index (χ0) is 18.9. The molecule has 1 heterocycles. The van der Waals surface area contributed by atoms with E-state index in [-0.39, 0.29) is 12.1 Å². The van der Waals surface area contributed by atoms with Crippen molar-refractivity contribution in [2.24, 2.45) is 0 Å². The summed E-state index contributed by atoms with van der Waals surface area (Å²) in [7, 11) is 1.21. The van der Waals surface area contributed by atoms with Crippen molar-refractivity contribution in [1.29, 1.82) is 0 Å². The lowest BCUT2D eigenvalue weighted by molar-refractivity contribution is -0.141. The molecule has 0 spiro atoms. The minimum absolute atomic E-state index is 0.0423. The number of rotatable bonds is 3. The number of hydrogen-bond donors (Lipinski definition) is 1. The Morgan fingerprint density at radius 3 is 2.62 bits per heavy atom. The third-order valence-corrected chi connectivity index (χ3v) is 4.13. The molecule has 2 aromatic rings. The number of nitrogens with zero attached hydrogens (tertiary/aromatic N) is 1. The van der Waals surface area contributed by atoms with Gasteiger partial charge in [-0.2, -0.15) is 13.2 Å². The molecule has 1 aliphatic heterocycles. The fourth-order valence-electron chi connectivity index (χ4n) is 2.93. The summed E-state index contributed by atoms with van der Waals surface area (Å²) in [4.78, 5) is 25.6. The fraction of sp³-hybridized carbons (Fsp3) is 0.222. The zero-order valence-corrected chi connectivity index (χ0v) is 13.7. The van der Waals surface area contributed by atoms with Crippen LogP contribution in [-0.2, 0) is 15.7 Å². The Hall–Kier alpha value is -3.03. The van der Waals surface area contributed by atoms with E-state index in [0.717, 1.165) is 17.0 Å². The number of fused-ring (bicyclic) bond motifs is 1. The standard InChI is InChI=1S/C18H15F3N2O3/c1-26-16(24)10-15-13-7-2-3-8-14(13)22-17(25)23(15)12-6-4-5-11(9-12)18(19,20)21/h2-9,15H,10H2,1H3,(H,22,25). The third-order valence-electron chi connectivity index (χ3n) is 4.13. The number of anilines is 2. The second kappa shape index (κ2) is 6.70. The molecule has 0 saturated heterocycles. The van der Waals surface area contributed by atoms with Crippen molar-refractivity contribution in [3.63, 3.8) is 0 Å². The molecule has 1 aliphatic rings. The third kappa shape index (κ3) is 3.35. The minimum Gasteiger partial charge on any atom is -0.469 e. The molecule has 0 aliphatic carbocycles. The van der Waals surface area contributed by atoms with E-state index in [1.165, 1.54) is 19.2 Å². The second-order valence-electron chi connectivity index (χ2n) is 5.73. The number of halogens is 3. The van der Waals surface area contributed by atoms with Crippen LogP contribution in [0.1, 0.15) is 23.6 Å². The van der Waals surface area contributed by atoms with E-state index in [4.69, 9.17) is 0 Å². The van der Waals surface area contributed by atoms with Crippen LogP contribution in [0.4, 0.5) is 29.3 Å². The Morgan fingerprint density at radius 2 is 1.92 bits per heavy atom. The molecule has 2 aromatic carbocycles. The lowest BCUT2D eigenvalue weighted by atomic mass is 9.97. The Balaban J connectivity index is 2.09. The first kappa shape index (κ1) is 17.8. The Bertz CT molecular complexity index is 852. The average Bonchev–Trinajstić information content (AvgIpc) is 2.61. The van der Waals surface area contributed by atoms with E-state index < -0.39 is 29.8 Å². The zero-order valence-electron chi connectivity index (χ0n) is 13.7. The van der Waals surface area contributed by atoms with Gasteiger partial charge >= 0.3 is 18.2 Å². The predicted octanol–water partition coefficient (Wildman–Crippen LogP) is 4.36. The van der Waals surface area contributed by atoms with Gasteiger partial charge in [0.1, 0.15) is 0 Å². The van der Waals surface area contributed by atoms with Crippen LogP contribution in [-0.4, -0.2) is 19.1 Å². The van der Waals surface area contributed by atoms with Crippen LogP contribution in [0.3, 0.4) is 0 Å². The van der Waals surface area contributed by atoms with Gasteiger partial charge in [-0.1, -0.05) is 24.3 Å². The van der Waals surface area contributed by atoms with E-state index in [9.17, 15) is 22.8 Å². The summed E-state index contributed by atoms with van der Waals surface area (Å²) in [6, 6.07) is 9.86. The molecule has 1 N–H and O–H groups in total. The lowest BCUT2D eigenvalue weighted by Gasteiger charge is -2.37. The Kier molecular flexibility index (Phi) is 4.58. The summed E-state index contributed by atoms with van der Waals surface area (Å²) in [5.41, 5.74) is 0.295.